The van der Waals surface area contributed by atoms with Crippen LogP contribution in [0.3, 0.4) is 0 Å². The Bertz CT molecular complexity index is 845. The van der Waals surface area contributed by atoms with Crippen LogP contribution in [0.1, 0.15) is 50.3 Å². The summed E-state index contributed by atoms with van der Waals surface area (Å²) in [5.74, 6) is 6.88. The number of anilines is 2. The minimum absolute atomic E-state index is 0.150. The Morgan fingerprint density at radius 3 is 2.79 bits per heavy atom. The fourth-order valence-corrected chi connectivity index (χ4v) is 5.40. The van der Waals surface area contributed by atoms with Gasteiger partial charge in [0.2, 0.25) is 0 Å². The Balaban J connectivity index is 0.000000353. The van der Waals surface area contributed by atoms with E-state index in [0.29, 0.717) is 18.1 Å². The van der Waals surface area contributed by atoms with E-state index in [0.717, 1.165) is 30.8 Å². The Kier molecular flexibility index (Phi) is 7.56. The van der Waals surface area contributed by atoms with Gasteiger partial charge in [0.15, 0.2) is 5.82 Å². The predicted molar refractivity (Wildman–Crippen MR) is 126 cm³/mol. The summed E-state index contributed by atoms with van der Waals surface area (Å²) < 4.78 is 5.46. The number of aryl methyl sites for hydroxylation is 1. The number of aromatic nitrogens is 2. The quantitative estimate of drug-likeness (QED) is 0.570. The topological polar surface area (TPSA) is 62.0 Å². The summed E-state index contributed by atoms with van der Waals surface area (Å²) >= 11 is 0. The molecule has 1 aromatic carbocycles. The lowest BCUT2D eigenvalue weighted by atomic mass is 10.0. The number of hydrogen-bond acceptors (Lipinski definition) is 4. The van der Waals surface area contributed by atoms with Crippen molar-refractivity contribution in [3.8, 4) is 0 Å². The molecule has 1 fully saturated rings. The smallest absolute Gasteiger partial charge is 0.152 e. The van der Waals surface area contributed by atoms with Gasteiger partial charge in [0.25, 0.3) is 0 Å². The lowest BCUT2D eigenvalue weighted by molar-refractivity contribution is 0.108. The van der Waals surface area contributed by atoms with Gasteiger partial charge in [-0.1, -0.05) is 18.5 Å². The zero-order valence-electron chi connectivity index (χ0n) is 17.8. The summed E-state index contributed by atoms with van der Waals surface area (Å²) in [7, 11) is 1.95. The first-order valence-corrected chi connectivity index (χ1v) is 11.9. The van der Waals surface area contributed by atoms with Crippen molar-refractivity contribution < 1.29 is 4.74 Å². The third-order valence-corrected chi connectivity index (χ3v) is 7.17. The van der Waals surface area contributed by atoms with Crippen molar-refractivity contribution in [1.82, 2.24) is 15.5 Å². The normalized spacial score (nSPS) is 22.7. The standard InChI is InChI=1S/C18H23N3OS.C5H11N/c1-22-15-6-4-13(9-15)16-11-18(21-20-16)19-14-5-3-12-7-8-23(2)17(12)10-14;1-4-6-5(2)3/h3,5,10-11,13,15H,2,4,6-9H2,1H3,(H2,19,20,21);4-6H,1H2,2-3H3. The van der Waals surface area contributed by atoms with Gasteiger partial charge in [0.05, 0.1) is 6.10 Å². The number of nitrogens with zero attached hydrogens (tertiary/aromatic N) is 1. The van der Waals surface area contributed by atoms with Crippen LogP contribution in [0.5, 0.6) is 0 Å². The maximum absolute atomic E-state index is 5.46. The van der Waals surface area contributed by atoms with Gasteiger partial charge in [-0.05, 0) is 69.2 Å². The molecular weight excluding hydrogens is 380 g/mol. The van der Waals surface area contributed by atoms with Gasteiger partial charge in [-0.25, -0.2) is 0 Å². The SMILES string of the molecule is C=CNC(C)C.C=S1CCc2ccc(Nc3cc(C4CCC(OC)C4)[nH]n3)cc21. The van der Waals surface area contributed by atoms with Crippen LogP contribution >= 0.6 is 10.5 Å². The van der Waals surface area contributed by atoms with Gasteiger partial charge in [0.1, 0.15) is 0 Å². The molecule has 1 saturated carbocycles. The largest absolute Gasteiger partial charge is 0.389 e. The number of aromatic amines is 1. The number of ether oxygens (including phenoxy) is 1. The van der Waals surface area contributed by atoms with Gasteiger partial charge in [-0.3, -0.25) is 5.10 Å². The average molecular weight is 415 g/mol. The number of methoxy groups -OCH3 is 1. The third kappa shape index (κ3) is 5.73. The van der Waals surface area contributed by atoms with E-state index in [2.05, 4.69) is 71.4 Å². The van der Waals surface area contributed by atoms with Crippen molar-refractivity contribution in [2.24, 2.45) is 0 Å². The van der Waals surface area contributed by atoms with Gasteiger partial charge in [0, 0.05) is 41.4 Å². The van der Waals surface area contributed by atoms with Crippen molar-refractivity contribution in [3.05, 3.63) is 48.3 Å². The highest BCUT2D eigenvalue weighted by Gasteiger charge is 2.27. The molecule has 2 heterocycles. The Hall–Kier alpha value is -2.05. The lowest BCUT2D eigenvalue weighted by Crippen LogP contribution is -2.14. The van der Waals surface area contributed by atoms with E-state index in [-0.39, 0.29) is 10.5 Å². The summed E-state index contributed by atoms with van der Waals surface area (Å²) in [6, 6.07) is 9.28. The molecule has 0 bridgehead atoms. The summed E-state index contributed by atoms with van der Waals surface area (Å²) in [5, 5.41) is 14.0. The molecule has 0 spiro atoms. The Morgan fingerprint density at radius 2 is 2.14 bits per heavy atom. The average Bonchev–Trinajstić information content (AvgIpc) is 3.43. The molecule has 1 aliphatic carbocycles. The third-order valence-electron chi connectivity index (χ3n) is 5.47. The molecular formula is C23H34N4OS. The van der Waals surface area contributed by atoms with Crippen molar-refractivity contribution in [1.29, 1.82) is 0 Å². The van der Waals surface area contributed by atoms with Gasteiger partial charge >= 0.3 is 0 Å². The van der Waals surface area contributed by atoms with Gasteiger partial charge in [-0.2, -0.15) is 15.6 Å². The molecule has 1 aromatic heterocycles. The number of hydrogen-bond donors (Lipinski definition) is 3. The highest BCUT2D eigenvalue weighted by molar-refractivity contribution is 8.14. The molecule has 0 radical (unpaired) electrons. The number of fused-ring (bicyclic) bond motifs is 1. The van der Waals surface area contributed by atoms with Crippen LogP contribution in [0, 0.1) is 0 Å². The van der Waals surface area contributed by atoms with Crippen LogP contribution in [0.2, 0.25) is 0 Å². The van der Waals surface area contributed by atoms with E-state index in [9.17, 15) is 0 Å². The molecule has 1 aliphatic heterocycles. The van der Waals surface area contributed by atoms with Crippen LogP contribution in [-0.4, -0.2) is 41.1 Å². The minimum atomic E-state index is 0.150. The lowest BCUT2D eigenvalue weighted by Gasteiger charge is -2.08. The zero-order valence-corrected chi connectivity index (χ0v) is 18.6. The summed E-state index contributed by atoms with van der Waals surface area (Å²) in [6.45, 7) is 7.63. The Morgan fingerprint density at radius 1 is 1.31 bits per heavy atom. The second-order valence-corrected chi connectivity index (χ2v) is 9.83. The number of H-pyrrole nitrogens is 1. The van der Waals surface area contributed by atoms with E-state index >= 15 is 0 Å². The summed E-state index contributed by atoms with van der Waals surface area (Å²) in [5.41, 5.74) is 3.77. The maximum atomic E-state index is 5.46. The first kappa shape index (κ1) is 21.7. The summed E-state index contributed by atoms with van der Waals surface area (Å²) in [6.07, 6.45) is 6.65. The monoisotopic (exact) mass is 414 g/mol. The van der Waals surface area contributed by atoms with Gasteiger partial charge < -0.3 is 15.4 Å². The Labute approximate surface area is 177 Å². The molecule has 158 valence electrons. The second kappa shape index (κ2) is 10.1. The van der Waals surface area contributed by atoms with Crippen molar-refractivity contribution in [3.63, 3.8) is 0 Å². The minimum Gasteiger partial charge on any atom is -0.389 e. The second-order valence-electron chi connectivity index (χ2n) is 8.00. The molecule has 3 unspecified atom stereocenters. The van der Waals surface area contributed by atoms with E-state index in [1.165, 1.54) is 28.3 Å². The van der Waals surface area contributed by atoms with Crippen molar-refractivity contribution in [2.45, 2.75) is 62.5 Å². The first-order valence-electron chi connectivity index (χ1n) is 10.4. The molecule has 3 atom stereocenters. The number of nitrogens with one attached hydrogen (secondary N) is 3. The maximum Gasteiger partial charge on any atom is 0.152 e. The van der Waals surface area contributed by atoms with E-state index in [1.54, 1.807) is 13.3 Å². The molecule has 3 N–H and O–H groups in total. The molecule has 0 amide bonds. The molecule has 4 rings (SSSR count). The van der Waals surface area contributed by atoms with Crippen LogP contribution in [0.15, 0.2) is 41.9 Å². The van der Waals surface area contributed by atoms with Crippen LogP contribution < -0.4 is 10.6 Å². The molecule has 2 aliphatic rings. The molecule has 2 aromatic rings. The van der Waals surface area contributed by atoms with Crippen LogP contribution in [0.4, 0.5) is 11.5 Å². The number of rotatable bonds is 6. The van der Waals surface area contributed by atoms with Crippen LogP contribution in [-0.2, 0) is 11.2 Å². The van der Waals surface area contributed by atoms with Crippen molar-refractivity contribution in [2.75, 3.05) is 18.2 Å². The highest BCUT2D eigenvalue weighted by Crippen LogP contribution is 2.39. The summed E-state index contributed by atoms with van der Waals surface area (Å²) in [4.78, 5) is 1.41. The molecule has 0 saturated heterocycles. The van der Waals surface area contributed by atoms with Crippen LogP contribution in [0.25, 0.3) is 0 Å². The van der Waals surface area contributed by atoms with Crippen molar-refractivity contribution >= 4 is 27.9 Å². The fraction of sp³-hybridized carbons (Fsp3) is 0.478. The fourth-order valence-electron chi connectivity index (χ4n) is 3.88. The molecule has 6 heteroatoms. The molecule has 29 heavy (non-hydrogen) atoms. The molecule has 5 nitrogen and oxygen atoms in total. The van der Waals surface area contributed by atoms with E-state index in [1.807, 2.05) is 0 Å². The first-order chi connectivity index (χ1) is 14.0. The van der Waals surface area contributed by atoms with E-state index < -0.39 is 0 Å². The predicted octanol–water partition coefficient (Wildman–Crippen LogP) is 5.18. The van der Waals surface area contributed by atoms with E-state index in [4.69, 9.17) is 4.74 Å². The van der Waals surface area contributed by atoms with Gasteiger partial charge in [-0.15, -0.1) is 0 Å². The highest BCUT2D eigenvalue weighted by atomic mass is 32.2. The zero-order chi connectivity index (χ0) is 20.8. The number of benzene rings is 1.